The van der Waals surface area contributed by atoms with E-state index in [2.05, 4.69) is 18.7 Å². The molecule has 4 heteroatoms. The number of hydrogen-bond acceptors (Lipinski definition) is 3. The number of nitrogens with two attached hydrogens (primary N) is 2. The van der Waals surface area contributed by atoms with E-state index in [4.69, 9.17) is 11.5 Å². The molecule has 0 aliphatic rings. The van der Waals surface area contributed by atoms with Gasteiger partial charge in [-0.25, -0.2) is 0 Å². The first kappa shape index (κ1) is 13.4. The van der Waals surface area contributed by atoms with Crippen LogP contribution in [-0.2, 0) is 4.79 Å². The molecule has 0 rings (SSSR count). The number of hydrogen-bond donors (Lipinski definition) is 2. The normalized spacial score (nSPS) is 11.2. The van der Waals surface area contributed by atoms with Crippen LogP contribution < -0.4 is 11.5 Å². The first-order valence-electron chi connectivity index (χ1n) is 5.27. The van der Waals surface area contributed by atoms with Gasteiger partial charge in [0.25, 0.3) is 0 Å². The van der Waals surface area contributed by atoms with Gasteiger partial charge in [-0.05, 0) is 25.4 Å². The highest BCUT2D eigenvalue weighted by Crippen LogP contribution is 2.00. The van der Waals surface area contributed by atoms with Gasteiger partial charge in [0.05, 0.1) is 0 Å². The Morgan fingerprint density at radius 1 is 1.36 bits per heavy atom. The fourth-order valence-electron chi connectivity index (χ4n) is 1.39. The molecule has 0 radical (unpaired) electrons. The summed E-state index contributed by atoms with van der Waals surface area (Å²) in [5, 5.41) is 0. The van der Waals surface area contributed by atoms with Crippen molar-refractivity contribution >= 4 is 5.91 Å². The van der Waals surface area contributed by atoms with Crippen molar-refractivity contribution in [2.24, 2.45) is 17.4 Å². The lowest BCUT2D eigenvalue weighted by Gasteiger charge is -2.23. The van der Waals surface area contributed by atoms with Gasteiger partial charge in [0.1, 0.15) is 0 Å². The summed E-state index contributed by atoms with van der Waals surface area (Å²) in [5.41, 5.74) is 10.6. The molecular weight excluding hydrogens is 178 g/mol. The highest BCUT2D eigenvalue weighted by molar-refractivity contribution is 5.73. The van der Waals surface area contributed by atoms with Crippen LogP contribution in [0.1, 0.15) is 26.7 Å². The Bertz CT molecular complexity index is 159. The predicted molar refractivity (Wildman–Crippen MR) is 58.8 cm³/mol. The average molecular weight is 201 g/mol. The van der Waals surface area contributed by atoms with Gasteiger partial charge >= 0.3 is 0 Å². The van der Waals surface area contributed by atoms with Gasteiger partial charge in [0.15, 0.2) is 0 Å². The molecule has 4 nitrogen and oxygen atoms in total. The van der Waals surface area contributed by atoms with Gasteiger partial charge < -0.3 is 16.4 Å². The number of nitrogens with zero attached hydrogens (tertiary/aromatic N) is 1. The Hall–Kier alpha value is -0.610. The van der Waals surface area contributed by atoms with Crippen molar-refractivity contribution in [2.75, 3.05) is 26.2 Å². The minimum atomic E-state index is -0.230. The highest BCUT2D eigenvalue weighted by atomic mass is 16.1. The molecule has 0 aliphatic carbocycles. The summed E-state index contributed by atoms with van der Waals surface area (Å²) in [6.07, 6.45) is 1.42. The number of carbonyl (C=O) groups is 1. The van der Waals surface area contributed by atoms with Crippen molar-refractivity contribution in [1.29, 1.82) is 0 Å². The molecule has 0 saturated carbocycles. The van der Waals surface area contributed by atoms with Crippen molar-refractivity contribution in [1.82, 2.24) is 4.90 Å². The summed E-state index contributed by atoms with van der Waals surface area (Å²) in [5.74, 6) is 0.382. The minimum Gasteiger partial charge on any atom is -0.370 e. The lowest BCUT2D eigenvalue weighted by atomic mass is 10.2. The average Bonchev–Trinajstić information content (AvgIpc) is 2.09. The Balaban J connectivity index is 3.77. The number of amides is 1. The first-order valence-corrected chi connectivity index (χ1v) is 5.27. The summed E-state index contributed by atoms with van der Waals surface area (Å²) in [7, 11) is 0. The lowest BCUT2D eigenvalue weighted by Crippen LogP contribution is -2.33. The van der Waals surface area contributed by atoms with Crippen molar-refractivity contribution < 1.29 is 4.79 Å². The third kappa shape index (κ3) is 8.01. The van der Waals surface area contributed by atoms with Crippen LogP contribution in [0.2, 0.25) is 0 Å². The van der Waals surface area contributed by atoms with E-state index in [0.717, 1.165) is 26.1 Å². The SMILES string of the molecule is CC(C)CN(CCCN)CCC(N)=O. The van der Waals surface area contributed by atoms with Crippen LogP contribution in [0.15, 0.2) is 0 Å². The van der Waals surface area contributed by atoms with Gasteiger partial charge in [-0.3, -0.25) is 4.79 Å². The maximum Gasteiger partial charge on any atom is 0.218 e. The number of carbonyl (C=O) groups excluding carboxylic acids is 1. The van der Waals surface area contributed by atoms with E-state index in [1.807, 2.05) is 0 Å². The summed E-state index contributed by atoms with van der Waals surface area (Å²) in [6.45, 7) is 7.76. The van der Waals surface area contributed by atoms with Gasteiger partial charge in [-0.2, -0.15) is 0 Å². The second-order valence-electron chi connectivity index (χ2n) is 4.05. The van der Waals surface area contributed by atoms with Crippen LogP contribution in [0.25, 0.3) is 0 Å². The van der Waals surface area contributed by atoms with Crippen LogP contribution in [0, 0.1) is 5.92 Å². The van der Waals surface area contributed by atoms with Crippen LogP contribution in [0.3, 0.4) is 0 Å². The zero-order valence-corrected chi connectivity index (χ0v) is 9.33. The molecule has 0 spiro atoms. The fourth-order valence-corrected chi connectivity index (χ4v) is 1.39. The molecule has 0 bridgehead atoms. The summed E-state index contributed by atoms with van der Waals surface area (Å²) < 4.78 is 0. The quantitative estimate of drug-likeness (QED) is 0.588. The van der Waals surface area contributed by atoms with Gasteiger partial charge in [-0.15, -0.1) is 0 Å². The lowest BCUT2D eigenvalue weighted by molar-refractivity contribution is -0.118. The maximum absolute atomic E-state index is 10.6. The third-order valence-corrected chi connectivity index (χ3v) is 1.98. The van der Waals surface area contributed by atoms with Crippen LogP contribution >= 0.6 is 0 Å². The van der Waals surface area contributed by atoms with Crippen molar-refractivity contribution in [2.45, 2.75) is 26.7 Å². The fraction of sp³-hybridized carbons (Fsp3) is 0.900. The molecule has 0 atom stereocenters. The first-order chi connectivity index (χ1) is 6.56. The molecule has 0 aromatic rings. The Kier molecular flexibility index (Phi) is 7.42. The Morgan fingerprint density at radius 3 is 2.43 bits per heavy atom. The minimum absolute atomic E-state index is 0.230. The standard InChI is InChI=1S/C10H23N3O/c1-9(2)8-13(6-3-5-11)7-4-10(12)14/h9H,3-8,11H2,1-2H3,(H2,12,14). The van der Waals surface area contributed by atoms with Crippen LogP contribution in [-0.4, -0.2) is 37.0 Å². The van der Waals surface area contributed by atoms with Crippen molar-refractivity contribution in [3.05, 3.63) is 0 Å². The highest BCUT2D eigenvalue weighted by Gasteiger charge is 2.07. The van der Waals surface area contributed by atoms with Gasteiger partial charge in [-0.1, -0.05) is 13.8 Å². The van der Waals surface area contributed by atoms with Crippen LogP contribution in [0.4, 0.5) is 0 Å². The Morgan fingerprint density at radius 2 is 2.00 bits per heavy atom. The van der Waals surface area contributed by atoms with E-state index in [9.17, 15) is 4.79 Å². The zero-order chi connectivity index (χ0) is 11.0. The largest absolute Gasteiger partial charge is 0.370 e. The van der Waals surface area contributed by atoms with Crippen LogP contribution in [0.5, 0.6) is 0 Å². The molecule has 84 valence electrons. The van der Waals surface area contributed by atoms with Crippen molar-refractivity contribution in [3.63, 3.8) is 0 Å². The van der Waals surface area contributed by atoms with E-state index in [-0.39, 0.29) is 5.91 Å². The van der Waals surface area contributed by atoms with Gasteiger partial charge in [0.2, 0.25) is 5.91 Å². The third-order valence-electron chi connectivity index (χ3n) is 1.98. The molecular formula is C10H23N3O. The van der Waals surface area contributed by atoms with E-state index in [1.165, 1.54) is 0 Å². The van der Waals surface area contributed by atoms with E-state index >= 15 is 0 Å². The van der Waals surface area contributed by atoms with Crippen molar-refractivity contribution in [3.8, 4) is 0 Å². The number of rotatable bonds is 8. The molecule has 14 heavy (non-hydrogen) atoms. The molecule has 0 heterocycles. The smallest absolute Gasteiger partial charge is 0.218 e. The summed E-state index contributed by atoms with van der Waals surface area (Å²) in [6, 6.07) is 0. The zero-order valence-electron chi connectivity index (χ0n) is 9.33. The topological polar surface area (TPSA) is 72.3 Å². The molecule has 0 aromatic carbocycles. The summed E-state index contributed by atoms with van der Waals surface area (Å²) in [4.78, 5) is 12.9. The van der Waals surface area contributed by atoms with E-state index in [1.54, 1.807) is 0 Å². The predicted octanol–water partition coefficient (Wildman–Crippen LogP) is 0.169. The molecule has 0 aromatic heterocycles. The Labute approximate surface area is 86.6 Å². The molecule has 0 unspecified atom stereocenters. The second-order valence-corrected chi connectivity index (χ2v) is 4.05. The molecule has 0 aliphatic heterocycles. The molecule has 0 saturated heterocycles. The monoisotopic (exact) mass is 201 g/mol. The maximum atomic E-state index is 10.6. The number of primary amides is 1. The van der Waals surface area contributed by atoms with E-state index in [0.29, 0.717) is 18.9 Å². The second kappa shape index (κ2) is 7.76. The molecule has 1 amide bonds. The molecule has 4 N–H and O–H groups in total. The molecule has 0 fully saturated rings. The van der Waals surface area contributed by atoms with E-state index < -0.39 is 0 Å². The summed E-state index contributed by atoms with van der Waals surface area (Å²) >= 11 is 0. The van der Waals surface area contributed by atoms with Gasteiger partial charge in [0, 0.05) is 19.5 Å².